The van der Waals surface area contributed by atoms with E-state index in [9.17, 15) is 9.90 Å². The standard InChI is InChI=1S/C30H34N2O3/c1-5-7-17-32(18-8-6-2)22-14-16-26-28(20-22)35-27-19-21(31(3)4)13-15-25(27)29(26)23-11-9-10-12-24(23)30(33)34/h9-16,19-20H,5-8,17-18H2,1-4H3/p+1. The first-order valence-corrected chi connectivity index (χ1v) is 12.5. The molecular formula is C30H35N2O3+. The first kappa shape index (κ1) is 24.5. The minimum atomic E-state index is -0.936. The van der Waals surface area contributed by atoms with Gasteiger partial charge in [0.2, 0.25) is 5.36 Å². The molecule has 5 nitrogen and oxygen atoms in total. The number of rotatable bonds is 9. The zero-order valence-electron chi connectivity index (χ0n) is 21.2. The lowest BCUT2D eigenvalue weighted by Crippen LogP contribution is -2.25. The predicted octanol–water partition coefficient (Wildman–Crippen LogP) is 6.34. The van der Waals surface area contributed by atoms with Crippen LogP contribution in [0.2, 0.25) is 0 Å². The van der Waals surface area contributed by atoms with E-state index >= 15 is 0 Å². The first-order chi connectivity index (χ1) is 16.9. The summed E-state index contributed by atoms with van der Waals surface area (Å²) >= 11 is 0. The van der Waals surface area contributed by atoms with Gasteiger partial charge >= 0.3 is 5.97 Å². The molecule has 0 saturated heterocycles. The number of nitrogens with zero attached hydrogens (tertiary/aromatic N) is 2. The molecule has 0 bridgehead atoms. The van der Waals surface area contributed by atoms with E-state index in [0.29, 0.717) is 5.56 Å². The molecule has 0 amide bonds. The Morgan fingerprint density at radius 1 is 0.914 bits per heavy atom. The molecule has 0 aromatic heterocycles. The molecule has 0 unspecified atom stereocenters. The van der Waals surface area contributed by atoms with Gasteiger partial charge in [-0.2, -0.15) is 0 Å². The highest BCUT2D eigenvalue weighted by atomic mass is 16.4. The Kier molecular flexibility index (Phi) is 7.54. The molecule has 0 fully saturated rings. The van der Waals surface area contributed by atoms with Gasteiger partial charge in [0, 0.05) is 47.4 Å². The monoisotopic (exact) mass is 471 g/mol. The van der Waals surface area contributed by atoms with Gasteiger partial charge < -0.3 is 14.4 Å². The van der Waals surface area contributed by atoms with Crippen molar-refractivity contribution in [3.63, 3.8) is 0 Å². The summed E-state index contributed by atoms with van der Waals surface area (Å²) in [6, 6.07) is 19.7. The summed E-state index contributed by atoms with van der Waals surface area (Å²) in [6.45, 7) is 6.45. The van der Waals surface area contributed by atoms with Crippen LogP contribution in [0.25, 0.3) is 33.4 Å². The number of hydrogen-bond acceptors (Lipinski definition) is 3. The summed E-state index contributed by atoms with van der Waals surface area (Å²) in [4.78, 5) is 14.6. The van der Waals surface area contributed by atoms with Crippen LogP contribution in [0.15, 0.2) is 65.1 Å². The molecular weight excluding hydrogens is 436 g/mol. The first-order valence-electron chi connectivity index (χ1n) is 12.5. The van der Waals surface area contributed by atoms with Gasteiger partial charge in [0.15, 0.2) is 0 Å². The number of carbonyl (C=O) groups is 1. The van der Waals surface area contributed by atoms with Crippen LogP contribution in [-0.2, 0) is 0 Å². The summed E-state index contributed by atoms with van der Waals surface area (Å²) in [5.41, 5.74) is 4.69. The molecule has 2 aromatic rings. The van der Waals surface area contributed by atoms with E-state index in [4.69, 9.17) is 4.42 Å². The maximum absolute atomic E-state index is 12.1. The van der Waals surface area contributed by atoms with Crippen LogP contribution in [0.3, 0.4) is 0 Å². The molecule has 1 N–H and O–H groups in total. The molecule has 182 valence electrons. The minimum Gasteiger partial charge on any atom is -0.478 e. The Hall–Kier alpha value is -3.60. The van der Waals surface area contributed by atoms with Crippen molar-refractivity contribution in [3.05, 3.63) is 71.6 Å². The number of benzene rings is 3. The molecule has 5 heteroatoms. The number of carboxylic acid groups (broad SMARTS) is 1. The Labute approximate surface area is 207 Å². The predicted molar refractivity (Wildman–Crippen MR) is 144 cm³/mol. The van der Waals surface area contributed by atoms with Crippen molar-refractivity contribution in [2.24, 2.45) is 0 Å². The highest BCUT2D eigenvalue weighted by molar-refractivity contribution is 6.07. The zero-order chi connectivity index (χ0) is 24.9. The van der Waals surface area contributed by atoms with Crippen molar-refractivity contribution in [1.82, 2.24) is 4.58 Å². The van der Waals surface area contributed by atoms with Crippen molar-refractivity contribution in [3.8, 4) is 22.5 Å². The van der Waals surface area contributed by atoms with Crippen LogP contribution >= 0.6 is 0 Å². The fourth-order valence-corrected chi connectivity index (χ4v) is 4.59. The van der Waals surface area contributed by atoms with E-state index in [1.165, 1.54) is 0 Å². The Bertz CT molecular complexity index is 1370. The average Bonchev–Trinajstić information content (AvgIpc) is 2.86. The quantitative estimate of drug-likeness (QED) is 0.229. The van der Waals surface area contributed by atoms with Crippen LogP contribution in [0.1, 0.15) is 49.9 Å². The average molecular weight is 472 g/mol. The smallest absolute Gasteiger partial charge is 0.336 e. The molecule has 0 atom stereocenters. The van der Waals surface area contributed by atoms with Crippen LogP contribution < -0.4 is 14.8 Å². The van der Waals surface area contributed by atoms with E-state index in [1.807, 2.05) is 49.0 Å². The maximum Gasteiger partial charge on any atom is 0.336 e. The SMILES string of the molecule is CCCCN(CCCC)c1ccc2c(-c3ccccc3C(=O)O)c3ccc(=[N+](C)C)cc-3oc2c1. The van der Waals surface area contributed by atoms with Crippen LogP contribution in [0, 0.1) is 0 Å². The number of hydrogen-bond donors (Lipinski definition) is 1. The summed E-state index contributed by atoms with van der Waals surface area (Å²) in [6.07, 6.45) is 4.57. The van der Waals surface area contributed by atoms with Crippen LogP contribution in [0.5, 0.6) is 0 Å². The number of fused-ring (bicyclic) bond motifs is 2. The third kappa shape index (κ3) is 5.09. The zero-order valence-corrected chi connectivity index (χ0v) is 21.2. The van der Waals surface area contributed by atoms with Crippen molar-refractivity contribution in [1.29, 1.82) is 0 Å². The van der Waals surface area contributed by atoms with Crippen molar-refractivity contribution in [2.45, 2.75) is 39.5 Å². The van der Waals surface area contributed by atoms with Gasteiger partial charge in [-0.05, 0) is 42.7 Å². The number of unbranched alkanes of at least 4 members (excludes halogenated alkanes) is 2. The van der Waals surface area contributed by atoms with E-state index in [2.05, 4.69) is 36.9 Å². The summed E-state index contributed by atoms with van der Waals surface area (Å²) < 4.78 is 8.54. The van der Waals surface area contributed by atoms with Gasteiger partial charge in [-0.1, -0.05) is 44.9 Å². The Morgan fingerprint density at radius 3 is 2.29 bits per heavy atom. The van der Waals surface area contributed by atoms with E-state index < -0.39 is 5.97 Å². The fraction of sp³-hybridized carbons (Fsp3) is 0.333. The van der Waals surface area contributed by atoms with Gasteiger partial charge in [-0.15, -0.1) is 0 Å². The Morgan fingerprint density at radius 2 is 1.63 bits per heavy atom. The summed E-state index contributed by atoms with van der Waals surface area (Å²) in [7, 11) is 4.00. The van der Waals surface area contributed by atoms with Crippen molar-refractivity contribution in [2.75, 3.05) is 32.1 Å². The largest absolute Gasteiger partial charge is 0.478 e. The highest BCUT2D eigenvalue weighted by Gasteiger charge is 2.22. The third-order valence-corrected chi connectivity index (χ3v) is 6.56. The Balaban J connectivity index is 2.01. The summed E-state index contributed by atoms with van der Waals surface area (Å²) in [5.74, 6) is -0.195. The van der Waals surface area contributed by atoms with E-state index in [1.54, 1.807) is 12.1 Å². The van der Waals surface area contributed by atoms with E-state index in [0.717, 1.165) is 77.7 Å². The molecule has 2 aromatic carbocycles. The van der Waals surface area contributed by atoms with Gasteiger partial charge in [-0.25, -0.2) is 9.37 Å². The normalized spacial score (nSPS) is 11.2. The van der Waals surface area contributed by atoms with Crippen LogP contribution in [-0.4, -0.2) is 38.3 Å². The second kappa shape index (κ2) is 10.8. The molecule has 2 aliphatic rings. The maximum atomic E-state index is 12.1. The molecule has 1 heterocycles. The van der Waals surface area contributed by atoms with E-state index in [-0.39, 0.29) is 5.56 Å². The lowest BCUT2D eigenvalue weighted by Gasteiger charge is -2.25. The number of aromatic carboxylic acids is 1. The van der Waals surface area contributed by atoms with Crippen molar-refractivity contribution >= 4 is 22.6 Å². The summed E-state index contributed by atoms with van der Waals surface area (Å²) in [5, 5.41) is 11.9. The minimum absolute atomic E-state index is 0.287. The molecule has 1 aliphatic carbocycles. The topological polar surface area (TPSA) is 56.7 Å². The molecule has 0 spiro atoms. The fourth-order valence-electron chi connectivity index (χ4n) is 4.59. The molecule has 1 aliphatic heterocycles. The second-order valence-corrected chi connectivity index (χ2v) is 9.28. The van der Waals surface area contributed by atoms with Crippen molar-refractivity contribution < 1.29 is 14.3 Å². The molecule has 4 rings (SSSR count). The number of carboxylic acids is 1. The second-order valence-electron chi connectivity index (χ2n) is 9.28. The van der Waals surface area contributed by atoms with Gasteiger partial charge in [0.25, 0.3) is 0 Å². The third-order valence-electron chi connectivity index (χ3n) is 6.56. The van der Waals surface area contributed by atoms with Gasteiger partial charge in [-0.3, -0.25) is 0 Å². The highest BCUT2D eigenvalue weighted by Crippen LogP contribution is 2.42. The van der Waals surface area contributed by atoms with Crippen LogP contribution in [0.4, 0.5) is 5.69 Å². The van der Waals surface area contributed by atoms with Gasteiger partial charge in [0.05, 0.1) is 11.6 Å². The number of anilines is 1. The lowest BCUT2D eigenvalue weighted by molar-refractivity contribution is 0.0697. The van der Waals surface area contributed by atoms with Gasteiger partial charge in [0.1, 0.15) is 25.4 Å². The molecule has 0 saturated carbocycles. The molecule has 0 radical (unpaired) electrons. The molecule has 35 heavy (non-hydrogen) atoms. The lowest BCUT2D eigenvalue weighted by atomic mass is 9.90.